The van der Waals surface area contributed by atoms with Crippen LogP contribution in [0.3, 0.4) is 0 Å². The molecule has 0 amide bonds. The van der Waals surface area contributed by atoms with Crippen molar-refractivity contribution in [3.63, 3.8) is 0 Å². The Morgan fingerprint density at radius 2 is 1.14 bits per heavy atom. The largest absolute Gasteiger partial charge is 0.491 e. The van der Waals surface area contributed by atoms with Gasteiger partial charge in [0.05, 0.1) is 17.1 Å². The number of nitro benzene ring substituents is 1. The molecule has 28 heavy (non-hydrogen) atoms. The lowest BCUT2D eigenvalue weighted by molar-refractivity contribution is -0.384. The lowest BCUT2D eigenvalue weighted by Crippen LogP contribution is -2.12. The van der Waals surface area contributed by atoms with Crippen molar-refractivity contribution >= 4 is 5.69 Å². The molecule has 0 saturated heterocycles. The van der Waals surface area contributed by atoms with Crippen LogP contribution >= 0.6 is 0 Å². The van der Waals surface area contributed by atoms with Gasteiger partial charge in [-0.1, -0.05) is 0 Å². The monoisotopic (exact) mass is 407 g/mol. The molecule has 10 heteroatoms. The lowest BCUT2D eigenvalue weighted by Gasteiger charge is -2.12. The number of benzene rings is 2. The molecule has 0 spiro atoms. The van der Waals surface area contributed by atoms with Gasteiger partial charge in [0, 0.05) is 12.1 Å². The van der Waals surface area contributed by atoms with E-state index in [1.54, 1.807) is 12.1 Å². The molecule has 0 aliphatic rings. The van der Waals surface area contributed by atoms with Crippen LogP contribution in [0.15, 0.2) is 24.3 Å². The van der Waals surface area contributed by atoms with Crippen LogP contribution in [0.4, 0.5) is 27.6 Å². The van der Waals surface area contributed by atoms with E-state index < -0.39 is 45.9 Å². The average molecular weight is 407 g/mol. The summed E-state index contributed by atoms with van der Waals surface area (Å²) in [6.45, 7) is 6.61. The molecule has 2 rings (SSSR count). The molecular weight excluding hydrogens is 389 g/mol. The summed E-state index contributed by atoms with van der Waals surface area (Å²) in [6, 6.07) is 6.05. The van der Waals surface area contributed by atoms with Gasteiger partial charge in [-0.05, 0) is 39.8 Å². The smallest absolute Gasteiger partial charge is 0.269 e. The van der Waals surface area contributed by atoms with Gasteiger partial charge in [-0.25, -0.2) is 13.2 Å². The predicted octanol–water partition coefficient (Wildman–Crippen LogP) is 5.55. The maximum Gasteiger partial charge on any atom is 0.269 e. The summed E-state index contributed by atoms with van der Waals surface area (Å²) in [6.07, 6.45) is -0.611. The Labute approximate surface area is 157 Å². The molecule has 0 radical (unpaired) electrons. The van der Waals surface area contributed by atoms with Crippen LogP contribution in [-0.2, 0) is 0 Å². The molecule has 0 heterocycles. The topological polar surface area (TPSA) is 61.6 Å². The SMILES string of the molecule is CC(C)Oc1c(F)c(F)c(F)c(F)c1F.CC(C)Oc1ccc([N+](=O)[O-])cc1. The molecule has 0 bridgehead atoms. The Morgan fingerprint density at radius 1 is 0.750 bits per heavy atom. The number of hydrogen-bond acceptors (Lipinski definition) is 4. The first kappa shape index (κ1) is 23.1. The fourth-order valence-electron chi connectivity index (χ4n) is 1.84. The first-order valence-electron chi connectivity index (χ1n) is 8.04. The lowest BCUT2D eigenvalue weighted by atomic mass is 10.2. The van der Waals surface area contributed by atoms with E-state index in [9.17, 15) is 32.1 Å². The Kier molecular flexibility index (Phi) is 8.15. The molecular formula is C18H18F5NO4. The van der Waals surface area contributed by atoms with Gasteiger partial charge in [-0.2, -0.15) is 8.78 Å². The van der Waals surface area contributed by atoms with Crippen molar-refractivity contribution in [2.75, 3.05) is 0 Å². The minimum atomic E-state index is -2.19. The maximum atomic E-state index is 12.9. The Bertz CT molecular complexity index is 797. The third-order valence-electron chi connectivity index (χ3n) is 2.94. The molecule has 0 N–H and O–H groups in total. The Morgan fingerprint density at radius 3 is 1.50 bits per heavy atom. The summed E-state index contributed by atoms with van der Waals surface area (Å²) in [5.74, 6) is -10.7. The van der Waals surface area contributed by atoms with Crippen molar-refractivity contribution in [2.45, 2.75) is 39.9 Å². The highest BCUT2D eigenvalue weighted by Gasteiger charge is 2.27. The second-order valence-electron chi connectivity index (χ2n) is 5.98. The van der Waals surface area contributed by atoms with Crippen molar-refractivity contribution in [3.8, 4) is 11.5 Å². The molecule has 2 aromatic rings. The van der Waals surface area contributed by atoms with Crippen LogP contribution < -0.4 is 9.47 Å². The van der Waals surface area contributed by atoms with Gasteiger partial charge in [0.2, 0.25) is 29.1 Å². The number of nitrogens with zero attached hydrogens (tertiary/aromatic N) is 1. The minimum Gasteiger partial charge on any atom is -0.491 e. The van der Waals surface area contributed by atoms with Gasteiger partial charge >= 0.3 is 0 Å². The van der Waals surface area contributed by atoms with E-state index >= 15 is 0 Å². The van der Waals surface area contributed by atoms with E-state index in [0.717, 1.165) is 0 Å². The van der Waals surface area contributed by atoms with Gasteiger partial charge in [0.25, 0.3) is 5.69 Å². The third kappa shape index (κ3) is 6.07. The molecule has 0 saturated carbocycles. The highest BCUT2D eigenvalue weighted by atomic mass is 19.2. The molecule has 0 aliphatic heterocycles. The van der Waals surface area contributed by atoms with E-state index in [2.05, 4.69) is 4.74 Å². The van der Waals surface area contributed by atoms with Crippen molar-refractivity contribution in [3.05, 3.63) is 63.5 Å². The van der Waals surface area contributed by atoms with Gasteiger partial charge in [0.1, 0.15) is 5.75 Å². The first-order valence-corrected chi connectivity index (χ1v) is 8.04. The summed E-state index contributed by atoms with van der Waals surface area (Å²) >= 11 is 0. The van der Waals surface area contributed by atoms with E-state index in [-0.39, 0.29) is 11.8 Å². The average Bonchev–Trinajstić information content (AvgIpc) is 2.62. The fourth-order valence-corrected chi connectivity index (χ4v) is 1.84. The highest BCUT2D eigenvalue weighted by Crippen LogP contribution is 2.29. The van der Waals surface area contributed by atoms with E-state index in [1.807, 2.05) is 13.8 Å². The van der Waals surface area contributed by atoms with E-state index in [4.69, 9.17) is 4.74 Å². The molecule has 0 unspecified atom stereocenters. The van der Waals surface area contributed by atoms with E-state index in [1.165, 1.54) is 26.0 Å². The molecule has 2 aromatic carbocycles. The van der Waals surface area contributed by atoms with Crippen LogP contribution in [0.1, 0.15) is 27.7 Å². The number of rotatable bonds is 5. The summed E-state index contributed by atoms with van der Waals surface area (Å²) in [7, 11) is 0. The third-order valence-corrected chi connectivity index (χ3v) is 2.94. The van der Waals surface area contributed by atoms with Crippen molar-refractivity contribution < 1.29 is 36.3 Å². The summed E-state index contributed by atoms with van der Waals surface area (Å²) in [4.78, 5) is 9.87. The number of ether oxygens (including phenoxy) is 2. The molecule has 5 nitrogen and oxygen atoms in total. The van der Waals surface area contributed by atoms with Gasteiger partial charge in [0.15, 0.2) is 5.75 Å². The molecule has 0 aliphatic carbocycles. The quantitative estimate of drug-likeness (QED) is 0.214. The standard InChI is InChI=1S/C9H7F5O.C9H11NO3/c1-3(2)15-9-7(13)5(11)4(10)6(12)8(9)14;1-7(2)13-9-5-3-8(4-6-9)10(11)12/h3H,1-2H3;3-7H,1-2H3. The second-order valence-corrected chi connectivity index (χ2v) is 5.98. The van der Waals surface area contributed by atoms with Crippen LogP contribution in [-0.4, -0.2) is 17.1 Å². The van der Waals surface area contributed by atoms with Crippen LogP contribution in [0.2, 0.25) is 0 Å². The van der Waals surface area contributed by atoms with E-state index in [0.29, 0.717) is 5.75 Å². The normalized spacial score (nSPS) is 10.5. The van der Waals surface area contributed by atoms with Crippen molar-refractivity contribution in [1.29, 1.82) is 0 Å². The van der Waals surface area contributed by atoms with Gasteiger partial charge in [-0.3, -0.25) is 10.1 Å². The van der Waals surface area contributed by atoms with Crippen molar-refractivity contribution in [2.24, 2.45) is 0 Å². The number of non-ortho nitro benzene ring substituents is 1. The van der Waals surface area contributed by atoms with Crippen LogP contribution in [0, 0.1) is 39.2 Å². The zero-order valence-corrected chi connectivity index (χ0v) is 15.4. The summed E-state index contributed by atoms with van der Waals surface area (Å²) < 4.78 is 73.4. The molecule has 0 atom stereocenters. The summed E-state index contributed by atoms with van der Waals surface area (Å²) in [5, 5.41) is 10.3. The predicted molar refractivity (Wildman–Crippen MR) is 90.9 cm³/mol. The molecule has 0 fully saturated rings. The van der Waals surface area contributed by atoms with Crippen molar-refractivity contribution in [1.82, 2.24) is 0 Å². The van der Waals surface area contributed by atoms with Gasteiger partial charge < -0.3 is 9.47 Å². The van der Waals surface area contributed by atoms with Crippen LogP contribution in [0.5, 0.6) is 11.5 Å². The number of halogens is 5. The maximum absolute atomic E-state index is 12.9. The minimum absolute atomic E-state index is 0.0797. The van der Waals surface area contributed by atoms with Crippen LogP contribution in [0.25, 0.3) is 0 Å². The highest BCUT2D eigenvalue weighted by molar-refractivity contribution is 5.36. The molecule has 154 valence electrons. The Balaban J connectivity index is 0.000000283. The summed E-state index contributed by atoms with van der Waals surface area (Å²) in [5.41, 5.74) is 0.0797. The number of nitro groups is 1. The zero-order chi connectivity index (χ0) is 21.6. The first-order chi connectivity index (χ1) is 13.0. The Hall–Kier alpha value is -2.91. The van der Waals surface area contributed by atoms with Gasteiger partial charge in [-0.15, -0.1) is 0 Å². The second kappa shape index (κ2) is 9.86. The molecule has 0 aromatic heterocycles. The number of hydrogen-bond donors (Lipinski definition) is 0. The fraction of sp³-hybridized carbons (Fsp3) is 0.333. The zero-order valence-electron chi connectivity index (χ0n) is 15.4.